The third-order valence-corrected chi connectivity index (χ3v) is 16.2. The molecule has 6 heteroatoms. The maximum atomic E-state index is 12.5. The van der Waals surface area contributed by atoms with E-state index in [4.69, 9.17) is 4.74 Å². The summed E-state index contributed by atoms with van der Waals surface area (Å²) in [6.45, 7) is 4.93. The molecular weight excluding hydrogens is 935 g/mol. The number of unbranched alkanes of at least 4 members (excludes halogenated alkanes) is 52. The minimum Gasteiger partial charge on any atom is -0.466 e. The molecule has 0 aromatic carbocycles. The Kier molecular flexibility index (Phi) is 64.4. The quantitative estimate of drug-likeness (QED) is 0.0320. The molecule has 0 aliphatic rings. The summed E-state index contributed by atoms with van der Waals surface area (Å²) in [5.74, 6) is -0.0498. The van der Waals surface area contributed by atoms with E-state index in [1.165, 1.54) is 315 Å². The molecule has 0 saturated carbocycles. The number of rotatable bonds is 65. The van der Waals surface area contributed by atoms with Crippen molar-refractivity contribution in [3.63, 3.8) is 0 Å². The van der Waals surface area contributed by atoms with Gasteiger partial charge in [-0.1, -0.05) is 340 Å². The van der Waals surface area contributed by atoms with E-state index in [0.717, 1.165) is 44.9 Å². The van der Waals surface area contributed by atoms with Crippen LogP contribution in [0.5, 0.6) is 0 Å². The van der Waals surface area contributed by atoms with E-state index in [1.54, 1.807) is 6.08 Å². The van der Waals surface area contributed by atoms with Gasteiger partial charge in [0, 0.05) is 12.8 Å². The van der Waals surface area contributed by atoms with Crippen LogP contribution < -0.4 is 5.32 Å². The SMILES string of the molecule is CCCCCCCCC/C=C\CCCCCCCCCC(=O)OCCCCCCCCCCCCCCCCCCCCCCCCCCCC(=O)NC(CO)C(O)/C=C/CCCCCCCCCCCCCCCC. The van der Waals surface area contributed by atoms with E-state index in [-0.39, 0.29) is 18.5 Å². The molecule has 0 spiro atoms. The van der Waals surface area contributed by atoms with Crippen molar-refractivity contribution in [2.24, 2.45) is 0 Å². The average Bonchev–Trinajstić information content (AvgIpc) is 3.42. The Bertz CT molecular complexity index is 1190. The lowest BCUT2D eigenvalue weighted by Gasteiger charge is -2.20. The molecule has 0 aliphatic carbocycles. The van der Waals surface area contributed by atoms with E-state index in [9.17, 15) is 19.8 Å². The Morgan fingerprint density at radius 3 is 0.934 bits per heavy atom. The van der Waals surface area contributed by atoms with Gasteiger partial charge in [-0.3, -0.25) is 9.59 Å². The van der Waals surface area contributed by atoms with Gasteiger partial charge in [-0.25, -0.2) is 0 Å². The number of hydrogen-bond acceptors (Lipinski definition) is 5. The van der Waals surface area contributed by atoms with Crippen LogP contribution in [0.4, 0.5) is 0 Å². The van der Waals surface area contributed by atoms with Crippen LogP contribution in [0, 0.1) is 0 Å². The fourth-order valence-electron chi connectivity index (χ4n) is 10.9. The number of carbonyl (C=O) groups excluding carboxylic acids is 2. The van der Waals surface area contributed by atoms with Crippen molar-refractivity contribution in [1.29, 1.82) is 0 Å². The normalized spacial score (nSPS) is 12.6. The van der Waals surface area contributed by atoms with E-state index >= 15 is 0 Å². The smallest absolute Gasteiger partial charge is 0.305 e. The van der Waals surface area contributed by atoms with Gasteiger partial charge in [0.2, 0.25) is 5.91 Å². The van der Waals surface area contributed by atoms with Gasteiger partial charge >= 0.3 is 5.97 Å². The van der Waals surface area contributed by atoms with Crippen molar-refractivity contribution in [2.75, 3.05) is 13.2 Å². The number of allylic oxidation sites excluding steroid dienone is 3. The maximum absolute atomic E-state index is 12.5. The minimum absolute atomic E-state index is 0.0137. The summed E-state index contributed by atoms with van der Waals surface area (Å²) in [7, 11) is 0. The molecule has 0 rings (SSSR count). The number of carbonyl (C=O) groups is 2. The molecule has 0 fully saturated rings. The molecule has 0 aromatic rings. The molecule has 450 valence electrons. The number of nitrogens with one attached hydrogen (secondary N) is 1. The second kappa shape index (κ2) is 65.9. The molecule has 0 radical (unpaired) electrons. The molecule has 6 nitrogen and oxygen atoms in total. The summed E-state index contributed by atoms with van der Waals surface area (Å²) < 4.78 is 5.50. The zero-order valence-corrected chi connectivity index (χ0v) is 51.5. The second-order valence-electron chi connectivity index (χ2n) is 23.9. The average molecular weight is 1070 g/mol. The Balaban J connectivity index is 3.36. The summed E-state index contributed by atoms with van der Waals surface area (Å²) in [5, 5.41) is 23.2. The highest BCUT2D eigenvalue weighted by molar-refractivity contribution is 5.76. The first-order valence-electron chi connectivity index (χ1n) is 34.6. The van der Waals surface area contributed by atoms with Crippen LogP contribution in [0.1, 0.15) is 386 Å². The third kappa shape index (κ3) is 61.6. The van der Waals surface area contributed by atoms with Crippen LogP contribution in [0.15, 0.2) is 24.3 Å². The largest absolute Gasteiger partial charge is 0.466 e. The molecule has 3 N–H and O–H groups in total. The second-order valence-corrected chi connectivity index (χ2v) is 23.9. The lowest BCUT2D eigenvalue weighted by molar-refractivity contribution is -0.143. The molecule has 2 unspecified atom stereocenters. The fourth-order valence-corrected chi connectivity index (χ4v) is 10.9. The number of aliphatic hydroxyl groups excluding tert-OH is 2. The highest BCUT2D eigenvalue weighted by Crippen LogP contribution is 2.19. The molecule has 0 heterocycles. The summed E-state index contributed by atoms with van der Waals surface area (Å²) in [6, 6.07) is -0.626. The van der Waals surface area contributed by atoms with Crippen LogP contribution in [0.25, 0.3) is 0 Å². The zero-order valence-electron chi connectivity index (χ0n) is 51.5. The van der Waals surface area contributed by atoms with Crippen LogP contribution in [0.3, 0.4) is 0 Å². The Labute approximate surface area is 475 Å². The van der Waals surface area contributed by atoms with Crippen molar-refractivity contribution in [2.45, 2.75) is 398 Å². The number of ether oxygens (including phenoxy) is 1. The van der Waals surface area contributed by atoms with Gasteiger partial charge < -0.3 is 20.3 Å². The monoisotopic (exact) mass is 1070 g/mol. The van der Waals surface area contributed by atoms with Crippen molar-refractivity contribution in [3.8, 4) is 0 Å². The van der Waals surface area contributed by atoms with Crippen molar-refractivity contribution in [1.82, 2.24) is 5.32 Å². The summed E-state index contributed by atoms with van der Waals surface area (Å²) in [4.78, 5) is 24.6. The maximum Gasteiger partial charge on any atom is 0.305 e. The summed E-state index contributed by atoms with van der Waals surface area (Å²) in [5.41, 5.74) is 0. The Morgan fingerprint density at radius 1 is 0.355 bits per heavy atom. The van der Waals surface area contributed by atoms with Crippen LogP contribution in [-0.2, 0) is 14.3 Å². The molecule has 2 atom stereocenters. The first kappa shape index (κ1) is 74.3. The minimum atomic E-state index is -0.843. The highest BCUT2D eigenvalue weighted by Gasteiger charge is 2.18. The molecule has 0 aromatic heterocycles. The molecule has 76 heavy (non-hydrogen) atoms. The first-order chi connectivity index (χ1) is 37.5. The van der Waals surface area contributed by atoms with Gasteiger partial charge in [0.1, 0.15) is 0 Å². The van der Waals surface area contributed by atoms with E-state index in [2.05, 4.69) is 31.3 Å². The van der Waals surface area contributed by atoms with Crippen molar-refractivity contribution in [3.05, 3.63) is 24.3 Å². The van der Waals surface area contributed by atoms with Crippen molar-refractivity contribution >= 4 is 11.9 Å². The Hall–Kier alpha value is -1.66. The topological polar surface area (TPSA) is 95.9 Å². The van der Waals surface area contributed by atoms with E-state index < -0.39 is 12.1 Å². The summed E-state index contributed by atoms with van der Waals surface area (Å²) >= 11 is 0. The van der Waals surface area contributed by atoms with Gasteiger partial charge in [-0.15, -0.1) is 0 Å². The Morgan fingerprint density at radius 2 is 0.618 bits per heavy atom. The third-order valence-electron chi connectivity index (χ3n) is 16.2. The van der Waals surface area contributed by atoms with Gasteiger partial charge in [-0.05, 0) is 57.8 Å². The first-order valence-corrected chi connectivity index (χ1v) is 34.6. The molecule has 1 amide bonds. The number of hydrogen-bond donors (Lipinski definition) is 3. The standard InChI is InChI=1S/C70H135NO5/c1-3-5-7-9-11-13-15-17-19-21-32-36-40-44-48-52-56-60-64-70(75)76-65-61-57-53-49-45-41-37-33-30-28-26-24-22-23-25-27-29-31-35-39-43-47-51-55-59-63-69(74)71-67(66-72)68(73)62-58-54-50-46-42-38-34-20-18-16-14-12-10-8-6-4-2/h19,21,58,62,67-68,72-73H,3-18,20,22-57,59-61,63-66H2,1-2H3,(H,71,74)/b21-19-,62-58+. The van der Waals surface area contributed by atoms with Gasteiger partial charge in [0.25, 0.3) is 0 Å². The van der Waals surface area contributed by atoms with Crippen LogP contribution >= 0.6 is 0 Å². The van der Waals surface area contributed by atoms with Gasteiger partial charge in [0.05, 0.1) is 25.4 Å². The lowest BCUT2D eigenvalue weighted by atomic mass is 10.0. The zero-order chi connectivity index (χ0) is 55.0. The van der Waals surface area contributed by atoms with Crippen LogP contribution in [0.2, 0.25) is 0 Å². The summed E-state index contributed by atoms with van der Waals surface area (Å²) in [6.07, 6.45) is 82.5. The van der Waals surface area contributed by atoms with Gasteiger partial charge in [-0.2, -0.15) is 0 Å². The highest BCUT2D eigenvalue weighted by atomic mass is 16.5. The van der Waals surface area contributed by atoms with Gasteiger partial charge in [0.15, 0.2) is 0 Å². The van der Waals surface area contributed by atoms with Crippen molar-refractivity contribution < 1.29 is 24.5 Å². The number of amides is 1. The lowest BCUT2D eigenvalue weighted by Crippen LogP contribution is -2.45. The van der Waals surface area contributed by atoms with E-state index in [0.29, 0.717) is 19.4 Å². The predicted octanol–water partition coefficient (Wildman–Crippen LogP) is 22.1. The molecule has 0 bridgehead atoms. The van der Waals surface area contributed by atoms with Crippen LogP contribution in [-0.4, -0.2) is 47.4 Å². The molecule has 0 aliphatic heterocycles. The molecule has 0 saturated heterocycles. The fraction of sp³-hybridized carbons (Fsp3) is 0.914. The molecular formula is C70H135NO5. The number of aliphatic hydroxyl groups is 2. The number of esters is 1. The predicted molar refractivity (Wildman–Crippen MR) is 333 cm³/mol. The van der Waals surface area contributed by atoms with E-state index in [1.807, 2.05) is 6.08 Å².